The number of nitro groups is 1. The normalized spacial score (nSPS) is 16.9. The van der Waals surface area contributed by atoms with Crippen molar-refractivity contribution in [2.45, 2.75) is 38.6 Å². The smallest absolute Gasteiger partial charge is 0.270 e. The van der Waals surface area contributed by atoms with Crippen molar-refractivity contribution in [3.63, 3.8) is 0 Å². The van der Waals surface area contributed by atoms with E-state index >= 15 is 0 Å². The van der Waals surface area contributed by atoms with Crippen molar-refractivity contribution in [3.8, 4) is 6.07 Å². The van der Waals surface area contributed by atoms with Gasteiger partial charge in [-0.2, -0.15) is 5.26 Å². The number of rotatable bonds is 4. The number of nitrogens with zero attached hydrogens (tertiary/aromatic N) is 7. The van der Waals surface area contributed by atoms with Gasteiger partial charge in [0, 0.05) is 42.6 Å². The van der Waals surface area contributed by atoms with Crippen molar-refractivity contribution in [2.24, 2.45) is 0 Å². The number of non-ortho nitro benzene ring substituents is 1. The lowest BCUT2D eigenvalue weighted by atomic mass is 9.96. The summed E-state index contributed by atoms with van der Waals surface area (Å²) in [7, 11) is 0. The topological polar surface area (TPSA) is 114 Å². The number of aromatic nitrogens is 4. The van der Waals surface area contributed by atoms with E-state index in [1.807, 2.05) is 0 Å². The van der Waals surface area contributed by atoms with Gasteiger partial charge in [0.05, 0.1) is 22.1 Å². The molecule has 3 heterocycles. The number of fused-ring (bicyclic) bond motifs is 1. The Kier molecular flexibility index (Phi) is 4.84. The average Bonchev–Trinajstić information content (AvgIpc) is 3.23. The minimum absolute atomic E-state index is 0.0467. The van der Waals surface area contributed by atoms with Crippen LogP contribution in [0.15, 0.2) is 30.6 Å². The Labute approximate surface area is 167 Å². The molecule has 1 fully saturated rings. The van der Waals surface area contributed by atoms with Gasteiger partial charge in [-0.05, 0) is 38.8 Å². The van der Waals surface area contributed by atoms with Gasteiger partial charge in [-0.1, -0.05) is 0 Å². The first-order valence-electron chi connectivity index (χ1n) is 9.61. The number of hydrogen-bond donors (Lipinski definition) is 0. The van der Waals surface area contributed by atoms with Crippen molar-refractivity contribution < 1.29 is 4.92 Å². The van der Waals surface area contributed by atoms with E-state index in [0.29, 0.717) is 22.3 Å². The number of nitriles is 1. The largest absolute Gasteiger partial charge is 0.356 e. The molecule has 0 spiro atoms. The number of benzene rings is 1. The average molecular weight is 391 g/mol. The van der Waals surface area contributed by atoms with Crippen LogP contribution < -0.4 is 4.90 Å². The minimum Gasteiger partial charge on any atom is -0.356 e. The van der Waals surface area contributed by atoms with Crippen molar-refractivity contribution in [1.29, 1.82) is 5.26 Å². The molecule has 0 N–H and O–H groups in total. The lowest BCUT2D eigenvalue weighted by molar-refractivity contribution is -0.384. The van der Waals surface area contributed by atoms with Crippen LogP contribution in [0, 0.1) is 21.4 Å². The summed E-state index contributed by atoms with van der Waals surface area (Å²) in [6.45, 7) is 5.79. The molecule has 1 aliphatic rings. The molecule has 1 atom stereocenters. The van der Waals surface area contributed by atoms with Crippen LogP contribution in [0.25, 0.3) is 10.9 Å². The van der Waals surface area contributed by atoms with Crippen molar-refractivity contribution >= 4 is 22.4 Å². The SMILES string of the molecule is CC(C)n1cnnc1C1CCCN(c2cc(C#N)c3cc([N+](=O)[O-])ccc3n2)C1. The molecule has 0 bridgehead atoms. The number of pyridine rings is 1. The highest BCUT2D eigenvalue weighted by Gasteiger charge is 2.27. The zero-order valence-electron chi connectivity index (χ0n) is 16.3. The lowest BCUT2D eigenvalue weighted by Gasteiger charge is -2.33. The van der Waals surface area contributed by atoms with Gasteiger partial charge in [0.25, 0.3) is 5.69 Å². The molecule has 1 saturated heterocycles. The van der Waals surface area contributed by atoms with Crippen LogP contribution in [0.4, 0.5) is 11.5 Å². The van der Waals surface area contributed by atoms with Gasteiger partial charge in [0.1, 0.15) is 18.0 Å². The van der Waals surface area contributed by atoms with Gasteiger partial charge < -0.3 is 9.47 Å². The van der Waals surface area contributed by atoms with E-state index < -0.39 is 4.92 Å². The highest BCUT2D eigenvalue weighted by molar-refractivity contribution is 5.88. The fourth-order valence-corrected chi connectivity index (χ4v) is 3.91. The molecule has 9 heteroatoms. The van der Waals surface area contributed by atoms with E-state index in [-0.39, 0.29) is 17.6 Å². The fraction of sp³-hybridized carbons (Fsp3) is 0.400. The quantitative estimate of drug-likeness (QED) is 0.493. The van der Waals surface area contributed by atoms with E-state index in [4.69, 9.17) is 4.98 Å². The third-order valence-corrected chi connectivity index (χ3v) is 5.38. The number of piperidine rings is 1. The van der Waals surface area contributed by atoms with Crippen molar-refractivity contribution in [2.75, 3.05) is 18.0 Å². The van der Waals surface area contributed by atoms with Crippen LogP contribution >= 0.6 is 0 Å². The summed E-state index contributed by atoms with van der Waals surface area (Å²) in [5.41, 5.74) is 0.924. The second-order valence-electron chi connectivity index (χ2n) is 7.57. The van der Waals surface area contributed by atoms with Gasteiger partial charge in [0.2, 0.25) is 0 Å². The number of anilines is 1. The van der Waals surface area contributed by atoms with Crippen molar-refractivity contribution in [1.82, 2.24) is 19.7 Å². The van der Waals surface area contributed by atoms with E-state index in [0.717, 1.165) is 31.8 Å². The first-order chi connectivity index (χ1) is 14.0. The van der Waals surface area contributed by atoms with E-state index in [9.17, 15) is 15.4 Å². The number of nitro benzene ring substituents is 1. The third kappa shape index (κ3) is 3.49. The molecule has 3 aromatic rings. The molecule has 9 nitrogen and oxygen atoms in total. The maximum atomic E-state index is 11.1. The Balaban J connectivity index is 1.69. The zero-order valence-corrected chi connectivity index (χ0v) is 16.3. The van der Waals surface area contributed by atoms with Gasteiger partial charge in [-0.3, -0.25) is 10.1 Å². The first-order valence-corrected chi connectivity index (χ1v) is 9.61. The molecule has 0 saturated carbocycles. The molecule has 0 radical (unpaired) electrons. The van der Waals surface area contributed by atoms with E-state index in [2.05, 4.69) is 39.6 Å². The second-order valence-corrected chi connectivity index (χ2v) is 7.57. The molecule has 4 rings (SSSR count). The van der Waals surface area contributed by atoms with E-state index in [1.165, 1.54) is 12.1 Å². The maximum absolute atomic E-state index is 11.1. The van der Waals surface area contributed by atoms with Crippen LogP contribution in [-0.4, -0.2) is 37.8 Å². The zero-order chi connectivity index (χ0) is 20.5. The van der Waals surface area contributed by atoms with E-state index in [1.54, 1.807) is 18.5 Å². The Morgan fingerprint density at radius 1 is 1.34 bits per heavy atom. The minimum atomic E-state index is -0.464. The van der Waals surface area contributed by atoms with Crippen LogP contribution in [-0.2, 0) is 0 Å². The molecule has 0 aliphatic carbocycles. The summed E-state index contributed by atoms with van der Waals surface area (Å²) in [6.07, 6.45) is 3.78. The summed E-state index contributed by atoms with van der Waals surface area (Å²) in [6, 6.07) is 8.61. The lowest BCUT2D eigenvalue weighted by Crippen LogP contribution is -2.36. The van der Waals surface area contributed by atoms with Crippen LogP contribution in [0.5, 0.6) is 0 Å². The highest BCUT2D eigenvalue weighted by Crippen LogP contribution is 2.32. The summed E-state index contributed by atoms with van der Waals surface area (Å²) in [4.78, 5) is 17.5. The molecular weight excluding hydrogens is 370 g/mol. The Bertz CT molecular complexity index is 1120. The summed E-state index contributed by atoms with van der Waals surface area (Å²) in [5.74, 6) is 1.92. The molecule has 1 aromatic carbocycles. The predicted octanol–water partition coefficient (Wildman–Crippen LogP) is 3.57. The Hall–Kier alpha value is -3.54. The Morgan fingerprint density at radius 2 is 2.17 bits per heavy atom. The van der Waals surface area contributed by atoms with Crippen molar-refractivity contribution in [3.05, 3.63) is 52.1 Å². The molecular formula is C20H21N7O2. The summed E-state index contributed by atoms with van der Waals surface area (Å²) >= 11 is 0. The van der Waals surface area contributed by atoms with Gasteiger partial charge in [0.15, 0.2) is 0 Å². The summed E-state index contributed by atoms with van der Waals surface area (Å²) in [5, 5.41) is 29.6. The third-order valence-electron chi connectivity index (χ3n) is 5.38. The predicted molar refractivity (Wildman–Crippen MR) is 108 cm³/mol. The van der Waals surface area contributed by atoms with Gasteiger partial charge >= 0.3 is 0 Å². The Morgan fingerprint density at radius 3 is 2.90 bits per heavy atom. The molecule has 1 aliphatic heterocycles. The first kappa shape index (κ1) is 18.8. The molecule has 0 amide bonds. The maximum Gasteiger partial charge on any atom is 0.270 e. The van der Waals surface area contributed by atoms with Gasteiger partial charge in [-0.15, -0.1) is 10.2 Å². The van der Waals surface area contributed by atoms with Crippen LogP contribution in [0.1, 0.15) is 50.0 Å². The molecule has 148 valence electrons. The number of hydrogen-bond acceptors (Lipinski definition) is 7. The molecule has 1 unspecified atom stereocenters. The van der Waals surface area contributed by atoms with Crippen LogP contribution in [0.3, 0.4) is 0 Å². The van der Waals surface area contributed by atoms with Gasteiger partial charge in [-0.25, -0.2) is 4.98 Å². The molecule has 29 heavy (non-hydrogen) atoms. The fourth-order valence-electron chi connectivity index (χ4n) is 3.91. The highest BCUT2D eigenvalue weighted by atomic mass is 16.6. The standard InChI is InChI=1S/C20H21N7O2/c1-13(2)26-12-22-24-20(26)14-4-3-7-25(11-14)19-8-15(10-21)17-9-16(27(28)29)5-6-18(17)23-19/h5-6,8-9,12-14H,3-4,7,11H2,1-2H3. The van der Waals surface area contributed by atoms with Crippen LogP contribution in [0.2, 0.25) is 0 Å². The second kappa shape index (κ2) is 7.47. The monoisotopic (exact) mass is 391 g/mol. The summed E-state index contributed by atoms with van der Waals surface area (Å²) < 4.78 is 2.10. The molecule has 2 aromatic heterocycles.